The number of anilines is 1. The molecule has 1 atom stereocenters. The van der Waals surface area contributed by atoms with Gasteiger partial charge in [-0.15, -0.1) is 0 Å². The standard InChI is InChI=1S/C23H32N4O4S/c1-16-7-5-9-21(17(16)2)25-11-13-26(14-12-25)23(28)20-8-6-10-27(15-20)32(29,30)22-18(3)24-31-19(22)4/h5,7,9,20H,6,8,10-15H2,1-4H3/t20-/m1/s1. The lowest BCUT2D eigenvalue weighted by atomic mass is 9.97. The monoisotopic (exact) mass is 460 g/mol. The largest absolute Gasteiger partial charge is 0.368 e. The van der Waals surface area contributed by atoms with Gasteiger partial charge in [0.1, 0.15) is 10.6 Å². The zero-order chi connectivity index (χ0) is 23.0. The normalized spacial score (nSPS) is 20.6. The van der Waals surface area contributed by atoms with Crippen molar-refractivity contribution in [1.82, 2.24) is 14.4 Å². The molecule has 2 saturated heterocycles. The number of aromatic nitrogens is 1. The lowest BCUT2D eigenvalue weighted by molar-refractivity contribution is -0.137. The number of amides is 1. The molecule has 0 radical (unpaired) electrons. The van der Waals surface area contributed by atoms with Crippen LogP contribution in [0.15, 0.2) is 27.6 Å². The Labute approximate surface area is 190 Å². The van der Waals surface area contributed by atoms with E-state index in [-0.39, 0.29) is 23.3 Å². The maximum absolute atomic E-state index is 13.3. The summed E-state index contributed by atoms with van der Waals surface area (Å²) in [7, 11) is -3.73. The fourth-order valence-electron chi connectivity index (χ4n) is 4.84. The van der Waals surface area contributed by atoms with E-state index >= 15 is 0 Å². The van der Waals surface area contributed by atoms with E-state index in [4.69, 9.17) is 4.52 Å². The van der Waals surface area contributed by atoms with Gasteiger partial charge in [-0.1, -0.05) is 17.3 Å². The molecule has 0 spiro atoms. The zero-order valence-corrected chi connectivity index (χ0v) is 20.1. The van der Waals surface area contributed by atoms with Gasteiger partial charge in [-0.2, -0.15) is 4.31 Å². The topological polar surface area (TPSA) is 87.0 Å². The Balaban J connectivity index is 1.41. The molecule has 8 nitrogen and oxygen atoms in total. The molecule has 174 valence electrons. The van der Waals surface area contributed by atoms with Crippen LogP contribution in [0.5, 0.6) is 0 Å². The molecule has 2 aliphatic heterocycles. The van der Waals surface area contributed by atoms with E-state index in [0.717, 1.165) is 13.1 Å². The Kier molecular flexibility index (Phi) is 6.31. The van der Waals surface area contributed by atoms with E-state index in [1.807, 2.05) is 4.90 Å². The third-order valence-electron chi connectivity index (χ3n) is 6.81. The number of nitrogens with zero attached hydrogens (tertiary/aromatic N) is 4. The Morgan fingerprint density at radius 3 is 2.44 bits per heavy atom. The van der Waals surface area contributed by atoms with Crippen LogP contribution in [0, 0.1) is 33.6 Å². The van der Waals surface area contributed by atoms with Gasteiger partial charge in [-0.25, -0.2) is 8.42 Å². The number of aryl methyl sites for hydroxylation is 3. The summed E-state index contributed by atoms with van der Waals surface area (Å²) in [6.45, 7) is 11.0. The molecule has 4 rings (SSSR count). The molecule has 2 aliphatic rings. The molecule has 1 aromatic carbocycles. The van der Waals surface area contributed by atoms with Crippen molar-refractivity contribution in [2.24, 2.45) is 5.92 Å². The Hall–Kier alpha value is -2.39. The van der Waals surface area contributed by atoms with Crippen molar-refractivity contribution < 1.29 is 17.7 Å². The molecular formula is C23H32N4O4S. The first-order valence-electron chi connectivity index (χ1n) is 11.2. The maximum atomic E-state index is 13.3. The lowest BCUT2D eigenvalue weighted by Crippen LogP contribution is -2.53. The van der Waals surface area contributed by atoms with Crippen LogP contribution in [-0.2, 0) is 14.8 Å². The highest BCUT2D eigenvalue weighted by atomic mass is 32.2. The van der Waals surface area contributed by atoms with Crippen LogP contribution in [0.3, 0.4) is 0 Å². The third kappa shape index (κ3) is 4.15. The summed E-state index contributed by atoms with van der Waals surface area (Å²) in [6.07, 6.45) is 1.38. The number of piperazine rings is 1. The predicted octanol–water partition coefficient (Wildman–Crippen LogP) is 2.66. The highest BCUT2D eigenvalue weighted by molar-refractivity contribution is 7.89. The van der Waals surface area contributed by atoms with Crippen molar-refractivity contribution in [3.05, 3.63) is 40.8 Å². The van der Waals surface area contributed by atoms with Gasteiger partial charge in [0.05, 0.1) is 5.92 Å². The number of carbonyl (C=O) groups excluding carboxylic acids is 1. The molecule has 0 bridgehead atoms. The lowest BCUT2D eigenvalue weighted by Gasteiger charge is -2.40. The average molecular weight is 461 g/mol. The summed E-state index contributed by atoms with van der Waals surface area (Å²) in [5.41, 5.74) is 4.13. The molecule has 0 N–H and O–H groups in total. The second-order valence-corrected chi connectivity index (χ2v) is 10.8. The molecule has 1 aromatic heterocycles. The average Bonchev–Trinajstić information content (AvgIpc) is 3.14. The molecule has 32 heavy (non-hydrogen) atoms. The number of piperidine rings is 1. The molecule has 2 aromatic rings. The van der Waals surface area contributed by atoms with Gasteiger partial charge in [-0.3, -0.25) is 4.79 Å². The van der Waals surface area contributed by atoms with Crippen molar-refractivity contribution in [3.8, 4) is 0 Å². The number of sulfonamides is 1. The number of hydrogen-bond donors (Lipinski definition) is 0. The van der Waals surface area contributed by atoms with Crippen LogP contribution in [-0.4, -0.2) is 68.0 Å². The Bertz CT molecular complexity index is 1080. The van der Waals surface area contributed by atoms with Gasteiger partial charge in [0, 0.05) is 45.0 Å². The smallest absolute Gasteiger partial charge is 0.248 e. The molecule has 3 heterocycles. The van der Waals surface area contributed by atoms with Gasteiger partial charge in [-0.05, 0) is 57.7 Å². The van der Waals surface area contributed by atoms with E-state index < -0.39 is 10.0 Å². The van der Waals surface area contributed by atoms with Gasteiger partial charge >= 0.3 is 0 Å². The summed E-state index contributed by atoms with van der Waals surface area (Å²) in [5.74, 6) is 0.0362. The fraction of sp³-hybridized carbons (Fsp3) is 0.565. The summed E-state index contributed by atoms with van der Waals surface area (Å²) in [6, 6.07) is 6.33. The van der Waals surface area contributed by atoms with Crippen molar-refractivity contribution in [1.29, 1.82) is 0 Å². The Morgan fingerprint density at radius 1 is 1.06 bits per heavy atom. The maximum Gasteiger partial charge on any atom is 0.248 e. The van der Waals surface area contributed by atoms with E-state index in [1.54, 1.807) is 13.8 Å². The van der Waals surface area contributed by atoms with Crippen molar-refractivity contribution in [2.75, 3.05) is 44.2 Å². The Morgan fingerprint density at radius 2 is 1.78 bits per heavy atom. The predicted molar refractivity (Wildman–Crippen MR) is 122 cm³/mol. The summed E-state index contributed by atoms with van der Waals surface area (Å²) < 4.78 is 32.9. The minimum atomic E-state index is -3.73. The first kappa shape index (κ1) is 22.8. The van der Waals surface area contributed by atoms with Crippen LogP contribution >= 0.6 is 0 Å². The van der Waals surface area contributed by atoms with Gasteiger partial charge in [0.2, 0.25) is 15.9 Å². The number of carbonyl (C=O) groups is 1. The molecule has 0 saturated carbocycles. The van der Waals surface area contributed by atoms with Crippen LogP contribution in [0.1, 0.15) is 35.4 Å². The summed E-state index contributed by atoms with van der Waals surface area (Å²) in [5, 5.41) is 3.79. The van der Waals surface area contributed by atoms with E-state index in [0.29, 0.717) is 43.9 Å². The highest BCUT2D eigenvalue weighted by Crippen LogP contribution is 2.29. The third-order valence-corrected chi connectivity index (χ3v) is 8.92. The van der Waals surface area contributed by atoms with Crippen LogP contribution in [0.25, 0.3) is 0 Å². The van der Waals surface area contributed by atoms with Crippen molar-refractivity contribution in [3.63, 3.8) is 0 Å². The van der Waals surface area contributed by atoms with Crippen molar-refractivity contribution in [2.45, 2.75) is 45.4 Å². The fourth-order valence-corrected chi connectivity index (χ4v) is 6.65. The molecule has 0 aliphatic carbocycles. The minimum Gasteiger partial charge on any atom is -0.368 e. The number of hydrogen-bond acceptors (Lipinski definition) is 6. The molecular weight excluding hydrogens is 428 g/mol. The number of benzene rings is 1. The van der Waals surface area contributed by atoms with Gasteiger partial charge in [0.25, 0.3) is 0 Å². The SMILES string of the molecule is Cc1cccc(N2CCN(C(=O)[C@@H]3CCCN(S(=O)(=O)c4c(C)noc4C)C3)CC2)c1C. The number of rotatable bonds is 4. The molecule has 9 heteroatoms. The van der Waals surface area contributed by atoms with Crippen LogP contribution < -0.4 is 4.90 Å². The minimum absolute atomic E-state index is 0.0595. The quantitative estimate of drug-likeness (QED) is 0.697. The van der Waals surface area contributed by atoms with Crippen LogP contribution in [0.2, 0.25) is 0 Å². The van der Waals surface area contributed by atoms with E-state index in [9.17, 15) is 13.2 Å². The van der Waals surface area contributed by atoms with E-state index in [2.05, 4.69) is 42.1 Å². The van der Waals surface area contributed by atoms with E-state index in [1.165, 1.54) is 21.1 Å². The second kappa shape index (κ2) is 8.86. The van der Waals surface area contributed by atoms with Crippen molar-refractivity contribution >= 4 is 21.6 Å². The first-order chi connectivity index (χ1) is 15.2. The summed E-state index contributed by atoms with van der Waals surface area (Å²) in [4.78, 5) is 17.6. The molecule has 2 fully saturated rings. The molecule has 1 amide bonds. The second-order valence-electron chi connectivity index (χ2n) is 8.89. The van der Waals surface area contributed by atoms with Crippen LogP contribution in [0.4, 0.5) is 5.69 Å². The summed E-state index contributed by atoms with van der Waals surface area (Å²) >= 11 is 0. The zero-order valence-electron chi connectivity index (χ0n) is 19.3. The van der Waals surface area contributed by atoms with Gasteiger partial charge in [0.15, 0.2) is 5.76 Å². The highest BCUT2D eigenvalue weighted by Gasteiger charge is 2.38. The first-order valence-corrected chi connectivity index (χ1v) is 12.7. The molecule has 0 unspecified atom stereocenters. The van der Waals surface area contributed by atoms with Gasteiger partial charge < -0.3 is 14.3 Å².